The Kier molecular flexibility index (Phi) is 4.08. The zero-order chi connectivity index (χ0) is 12.4. The molecule has 0 bridgehead atoms. The quantitative estimate of drug-likeness (QED) is 0.619. The van der Waals surface area contributed by atoms with E-state index in [2.05, 4.69) is 15.9 Å². The maximum absolute atomic E-state index is 14.1. The van der Waals surface area contributed by atoms with E-state index in [0.717, 1.165) is 0 Å². The summed E-state index contributed by atoms with van der Waals surface area (Å²) < 4.78 is 14.1. The fourth-order valence-corrected chi connectivity index (χ4v) is 2.44. The van der Waals surface area contributed by atoms with Crippen molar-refractivity contribution in [2.24, 2.45) is 0 Å². The highest BCUT2D eigenvalue weighted by atomic mass is 79.9. The molecular formula is C13H8BrCl2F. The molecule has 0 aliphatic heterocycles. The monoisotopic (exact) mass is 332 g/mol. The molecule has 0 radical (unpaired) electrons. The van der Waals surface area contributed by atoms with Crippen LogP contribution in [0.3, 0.4) is 0 Å². The Morgan fingerprint density at radius 3 is 2.35 bits per heavy atom. The Bertz CT molecular complexity index is 555. The maximum Gasteiger partial charge on any atom is 0.135 e. The van der Waals surface area contributed by atoms with Gasteiger partial charge in [-0.25, -0.2) is 4.39 Å². The Labute approximate surface area is 117 Å². The lowest BCUT2D eigenvalue weighted by atomic mass is 10.0. The van der Waals surface area contributed by atoms with Crippen LogP contribution in [0.2, 0.25) is 10.0 Å². The zero-order valence-corrected chi connectivity index (χ0v) is 11.8. The molecule has 17 heavy (non-hydrogen) atoms. The van der Waals surface area contributed by atoms with Crippen LogP contribution in [0.1, 0.15) is 5.56 Å². The van der Waals surface area contributed by atoms with Crippen molar-refractivity contribution in [2.45, 2.75) is 5.33 Å². The number of rotatable bonds is 2. The van der Waals surface area contributed by atoms with Gasteiger partial charge >= 0.3 is 0 Å². The molecule has 0 spiro atoms. The molecule has 0 saturated heterocycles. The fourth-order valence-electron chi connectivity index (χ4n) is 1.60. The third kappa shape index (κ3) is 2.49. The topological polar surface area (TPSA) is 0 Å². The average molecular weight is 334 g/mol. The summed E-state index contributed by atoms with van der Waals surface area (Å²) >= 11 is 15.3. The summed E-state index contributed by atoms with van der Waals surface area (Å²) in [7, 11) is 0. The van der Waals surface area contributed by atoms with Gasteiger partial charge in [0, 0.05) is 16.5 Å². The average Bonchev–Trinajstić information content (AvgIpc) is 2.33. The van der Waals surface area contributed by atoms with Gasteiger partial charge in [0.15, 0.2) is 0 Å². The highest BCUT2D eigenvalue weighted by molar-refractivity contribution is 9.08. The van der Waals surface area contributed by atoms with Gasteiger partial charge in [-0.2, -0.15) is 0 Å². The van der Waals surface area contributed by atoms with E-state index in [0.29, 0.717) is 32.1 Å². The van der Waals surface area contributed by atoms with Crippen LogP contribution in [-0.2, 0) is 5.33 Å². The smallest absolute Gasteiger partial charge is 0.135 e. The molecule has 0 nitrogen and oxygen atoms in total. The van der Waals surface area contributed by atoms with Crippen molar-refractivity contribution < 1.29 is 4.39 Å². The number of hydrogen-bond acceptors (Lipinski definition) is 0. The summed E-state index contributed by atoms with van der Waals surface area (Å²) in [6.07, 6.45) is 0. The Hall–Kier alpha value is -0.570. The Morgan fingerprint density at radius 2 is 1.65 bits per heavy atom. The molecule has 2 aromatic carbocycles. The van der Waals surface area contributed by atoms with E-state index in [9.17, 15) is 4.39 Å². The SMILES string of the molecule is Fc1c(CBr)cccc1-c1cccc(Cl)c1Cl. The fraction of sp³-hybridized carbons (Fsp3) is 0.0769. The van der Waals surface area contributed by atoms with Crippen LogP contribution in [-0.4, -0.2) is 0 Å². The second kappa shape index (κ2) is 5.38. The molecular weight excluding hydrogens is 326 g/mol. The highest BCUT2D eigenvalue weighted by Crippen LogP contribution is 2.35. The lowest BCUT2D eigenvalue weighted by molar-refractivity contribution is 0.621. The van der Waals surface area contributed by atoms with E-state index in [-0.39, 0.29) is 5.82 Å². The molecule has 0 fully saturated rings. The number of halogens is 4. The molecule has 0 aliphatic carbocycles. The molecule has 0 N–H and O–H groups in total. The normalized spacial score (nSPS) is 10.6. The number of alkyl halides is 1. The molecule has 0 aliphatic rings. The van der Waals surface area contributed by atoms with Crippen molar-refractivity contribution >= 4 is 39.1 Å². The first-order valence-corrected chi connectivity index (χ1v) is 6.80. The first-order valence-electron chi connectivity index (χ1n) is 4.93. The third-order valence-corrected chi connectivity index (χ3v) is 3.89. The van der Waals surface area contributed by atoms with Crippen LogP contribution >= 0.6 is 39.1 Å². The molecule has 0 unspecified atom stereocenters. The Balaban J connectivity index is 2.65. The highest BCUT2D eigenvalue weighted by Gasteiger charge is 2.13. The second-order valence-corrected chi connectivity index (χ2v) is 4.86. The van der Waals surface area contributed by atoms with Gasteiger partial charge < -0.3 is 0 Å². The third-order valence-electron chi connectivity index (χ3n) is 2.46. The molecule has 2 aromatic rings. The number of benzene rings is 2. The van der Waals surface area contributed by atoms with Crippen molar-refractivity contribution in [2.75, 3.05) is 0 Å². The summed E-state index contributed by atoms with van der Waals surface area (Å²) in [6, 6.07) is 10.4. The summed E-state index contributed by atoms with van der Waals surface area (Å²) in [5, 5.41) is 1.26. The van der Waals surface area contributed by atoms with Crippen LogP contribution in [0.15, 0.2) is 36.4 Å². The van der Waals surface area contributed by atoms with Gasteiger partial charge in [-0.15, -0.1) is 0 Å². The van der Waals surface area contributed by atoms with Crippen LogP contribution in [0.5, 0.6) is 0 Å². The summed E-state index contributed by atoms with van der Waals surface area (Å²) in [6.45, 7) is 0. The van der Waals surface area contributed by atoms with E-state index >= 15 is 0 Å². The zero-order valence-electron chi connectivity index (χ0n) is 8.68. The van der Waals surface area contributed by atoms with E-state index in [4.69, 9.17) is 23.2 Å². The lowest BCUT2D eigenvalue weighted by Gasteiger charge is -2.09. The van der Waals surface area contributed by atoms with Crippen molar-refractivity contribution in [1.82, 2.24) is 0 Å². The maximum atomic E-state index is 14.1. The van der Waals surface area contributed by atoms with E-state index in [1.165, 1.54) is 0 Å². The minimum atomic E-state index is -0.270. The van der Waals surface area contributed by atoms with Crippen LogP contribution in [0.4, 0.5) is 4.39 Å². The molecule has 4 heteroatoms. The Morgan fingerprint density at radius 1 is 1.00 bits per heavy atom. The van der Waals surface area contributed by atoms with Gasteiger partial charge in [0.2, 0.25) is 0 Å². The minimum absolute atomic E-state index is 0.270. The molecule has 0 atom stereocenters. The van der Waals surface area contributed by atoms with Crippen molar-refractivity contribution in [1.29, 1.82) is 0 Å². The number of hydrogen-bond donors (Lipinski definition) is 0. The van der Waals surface area contributed by atoms with Crippen LogP contribution in [0, 0.1) is 5.82 Å². The van der Waals surface area contributed by atoms with Crippen LogP contribution in [0.25, 0.3) is 11.1 Å². The van der Waals surface area contributed by atoms with Crippen LogP contribution < -0.4 is 0 Å². The standard InChI is InChI=1S/C13H8BrCl2F/c14-7-8-3-1-5-10(13(8)17)9-4-2-6-11(15)12(9)16/h1-6H,7H2. The molecule has 2 rings (SSSR count). The van der Waals surface area contributed by atoms with E-state index < -0.39 is 0 Å². The summed E-state index contributed by atoms with van der Waals surface area (Å²) in [5.41, 5.74) is 1.67. The van der Waals surface area contributed by atoms with E-state index in [1.807, 2.05) is 0 Å². The predicted molar refractivity (Wildman–Crippen MR) is 74.5 cm³/mol. The van der Waals surface area contributed by atoms with Crippen molar-refractivity contribution in [3.63, 3.8) is 0 Å². The van der Waals surface area contributed by atoms with Gasteiger partial charge in [0.05, 0.1) is 10.0 Å². The first-order chi connectivity index (χ1) is 8.15. The first kappa shape index (κ1) is 12.9. The van der Waals surface area contributed by atoms with Gasteiger partial charge in [-0.1, -0.05) is 69.5 Å². The molecule has 0 aromatic heterocycles. The van der Waals surface area contributed by atoms with Gasteiger partial charge in [-0.05, 0) is 11.6 Å². The molecule has 0 amide bonds. The molecule has 88 valence electrons. The van der Waals surface area contributed by atoms with Crippen molar-refractivity contribution in [3.8, 4) is 11.1 Å². The largest absolute Gasteiger partial charge is 0.206 e. The summed E-state index contributed by atoms with van der Waals surface area (Å²) in [4.78, 5) is 0. The van der Waals surface area contributed by atoms with Crippen molar-refractivity contribution in [3.05, 3.63) is 57.8 Å². The molecule has 0 saturated carbocycles. The lowest BCUT2D eigenvalue weighted by Crippen LogP contribution is -1.91. The molecule has 0 heterocycles. The minimum Gasteiger partial charge on any atom is -0.206 e. The predicted octanol–water partition coefficient (Wildman–Crippen LogP) is 5.69. The van der Waals surface area contributed by atoms with E-state index in [1.54, 1.807) is 36.4 Å². The van der Waals surface area contributed by atoms with Gasteiger partial charge in [-0.3, -0.25) is 0 Å². The second-order valence-electron chi connectivity index (χ2n) is 3.51. The van der Waals surface area contributed by atoms with Gasteiger partial charge in [0.1, 0.15) is 5.82 Å². The summed E-state index contributed by atoms with van der Waals surface area (Å²) in [5.74, 6) is -0.270. The van der Waals surface area contributed by atoms with Gasteiger partial charge in [0.25, 0.3) is 0 Å².